The van der Waals surface area contributed by atoms with Crippen LogP contribution in [0.4, 0.5) is 0 Å². The number of aryl methyl sites for hydroxylation is 1. The number of hydrogen-bond donors (Lipinski definition) is 1. The molecule has 102 valence electrons. The molecule has 0 saturated carbocycles. The fraction of sp³-hybridized carbons (Fsp3) is 0.786. The van der Waals surface area contributed by atoms with Crippen LogP contribution in [-0.4, -0.2) is 39.4 Å². The Morgan fingerprint density at radius 1 is 1.22 bits per heavy atom. The van der Waals surface area contributed by atoms with Crippen molar-refractivity contribution in [3.8, 4) is 0 Å². The van der Waals surface area contributed by atoms with Gasteiger partial charge in [0.1, 0.15) is 5.60 Å². The van der Waals surface area contributed by atoms with Crippen LogP contribution >= 0.6 is 0 Å². The summed E-state index contributed by atoms with van der Waals surface area (Å²) in [6, 6.07) is 1.98. The van der Waals surface area contributed by atoms with Gasteiger partial charge in [0.2, 0.25) is 0 Å². The number of aromatic nitrogens is 2. The molecule has 0 unspecified atom stereocenters. The minimum Gasteiger partial charge on any atom is -0.383 e. The Labute approximate surface area is 110 Å². The molecule has 0 bridgehead atoms. The maximum absolute atomic E-state index is 10.8. The lowest BCUT2D eigenvalue weighted by Gasteiger charge is -2.38. The highest BCUT2D eigenvalue weighted by atomic mass is 16.3. The normalized spacial score (nSPS) is 20.2. The maximum Gasteiger partial charge on any atom is 0.109 e. The lowest BCUT2D eigenvalue weighted by atomic mass is 9.88. The molecule has 1 aliphatic heterocycles. The minimum absolute atomic E-state index is 0.671. The topological polar surface area (TPSA) is 41.3 Å². The number of rotatable bonds is 5. The molecule has 4 heteroatoms. The van der Waals surface area contributed by atoms with Crippen molar-refractivity contribution in [3.05, 3.63) is 18.0 Å². The van der Waals surface area contributed by atoms with Crippen LogP contribution in [0.25, 0.3) is 0 Å². The molecule has 0 amide bonds. The van der Waals surface area contributed by atoms with E-state index < -0.39 is 5.60 Å². The van der Waals surface area contributed by atoms with Gasteiger partial charge in [0.25, 0.3) is 0 Å². The Morgan fingerprint density at radius 3 is 2.50 bits per heavy atom. The molecule has 2 heterocycles. The van der Waals surface area contributed by atoms with Gasteiger partial charge in [0.05, 0.1) is 5.69 Å². The molecule has 1 aromatic rings. The van der Waals surface area contributed by atoms with E-state index in [0.717, 1.165) is 51.1 Å². The molecule has 2 rings (SSSR count). The number of nitrogens with zero attached hydrogens (tertiary/aromatic N) is 3. The van der Waals surface area contributed by atoms with E-state index in [4.69, 9.17) is 0 Å². The molecule has 1 saturated heterocycles. The van der Waals surface area contributed by atoms with Crippen LogP contribution in [0.2, 0.25) is 0 Å². The van der Waals surface area contributed by atoms with Crippen LogP contribution in [0.1, 0.15) is 45.2 Å². The van der Waals surface area contributed by atoms with Gasteiger partial charge in [-0.1, -0.05) is 13.8 Å². The Bertz CT molecular complexity index is 367. The predicted molar refractivity (Wildman–Crippen MR) is 72.4 cm³/mol. The molecule has 4 nitrogen and oxygen atoms in total. The molecule has 0 aromatic carbocycles. The second-order valence-corrected chi connectivity index (χ2v) is 5.31. The molecule has 0 aliphatic carbocycles. The van der Waals surface area contributed by atoms with Crippen LogP contribution in [0.15, 0.2) is 12.3 Å². The zero-order valence-corrected chi connectivity index (χ0v) is 11.6. The van der Waals surface area contributed by atoms with E-state index in [2.05, 4.69) is 23.8 Å². The van der Waals surface area contributed by atoms with E-state index in [1.54, 1.807) is 6.20 Å². The monoisotopic (exact) mass is 251 g/mol. The highest BCUT2D eigenvalue weighted by molar-refractivity contribution is 5.13. The third kappa shape index (κ3) is 2.75. The Kier molecular flexibility index (Phi) is 4.40. The van der Waals surface area contributed by atoms with Gasteiger partial charge in [-0.15, -0.1) is 0 Å². The summed E-state index contributed by atoms with van der Waals surface area (Å²) >= 11 is 0. The zero-order valence-electron chi connectivity index (χ0n) is 11.6. The Morgan fingerprint density at radius 2 is 1.89 bits per heavy atom. The van der Waals surface area contributed by atoms with E-state index in [-0.39, 0.29) is 0 Å². The van der Waals surface area contributed by atoms with Crippen molar-refractivity contribution in [1.82, 2.24) is 14.7 Å². The van der Waals surface area contributed by atoms with Crippen molar-refractivity contribution < 1.29 is 5.11 Å². The number of hydrogen-bond acceptors (Lipinski definition) is 3. The first-order chi connectivity index (χ1) is 8.69. The Hall–Kier alpha value is -0.870. The summed E-state index contributed by atoms with van der Waals surface area (Å²) in [7, 11) is 0. The van der Waals surface area contributed by atoms with E-state index in [1.165, 1.54) is 6.42 Å². The fourth-order valence-electron chi connectivity index (χ4n) is 2.84. The fourth-order valence-corrected chi connectivity index (χ4v) is 2.84. The highest BCUT2D eigenvalue weighted by Crippen LogP contribution is 2.32. The van der Waals surface area contributed by atoms with Crippen LogP contribution in [-0.2, 0) is 12.1 Å². The number of aliphatic hydroxyl groups is 1. The summed E-state index contributed by atoms with van der Waals surface area (Å²) in [5, 5.41) is 15.2. The summed E-state index contributed by atoms with van der Waals surface area (Å²) in [6.07, 6.45) is 5.69. The first kappa shape index (κ1) is 13.6. The molecule has 18 heavy (non-hydrogen) atoms. The van der Waals surface area contributed by atoms with Crippen molar-refractivity contribution in [2.24, 2.45) is 0 Å². The minimum atomic E-state index is -0.671. The van der Waals surface area contributed by atoms with Crippen LogP contribution in [0.5, 0.6) is 0 Å². The lowest BCUT2D eigenvalue weighted by Crippen LogP contribution is -2.43. The molecule has 0 spiro atoms. The second-order valence-electron chi connectivity index (χ2n) is 5.31. The van der Waals surface area contributed by atoms with Crippen LogP contribution in [0.3, 0.4) is 0 Å². The van der Waals surface area contributed by atoms with Gasteiger partial charge < -0.3 is 10.0 Å². The summed E-state index contributed by atoms with van der Waals surface area (Å²) < 4.78 is 1.97. The molecule has 1 fully saturated rings. The van der Waals surface area contributed by atoms with E-state index in [9.17, 15) is 5.11 Å². The zero-order chi connectivity index (χ0) is 13.0. The smallest absolute Gasteiger partial charge is 0.109 e. The van der Waals surface area contributed by atoms with E-state index in [1.807, 2.05) is 10.7 Å². The van der Waals surface area contributed by atoms with Gasteiger partial charge in [-0.05, 0) is 38.3 Å². The third-order valence-electron chi connectivity index (χ3n) is 3.85. The second kappa shape index (κ2) is 5.85. The molecule has 1 aromatic heterocycles. The first-order valence-corrected chi connectivity index (χ1v) is 7.16. The maximum atomic E-state index is 10.8. The van der Waals surface area contributed by atoms with Gasteiger partial charge in [0, 0.05) is 25.8 Å². The summed E-state index contributed by atoms with van der Waals surface area (Å²) in [5.74, 6) is 0. The highest BCUT2D eigenvalue weighted by Gasteiger charge is 2.36. The van der Waals surface area contributed by atoms with Crippen molar-refractivity contribution in [3.63, 3.8) is 0 Å². The number of piperidine rings is 1. The van der Waals surface area contributed by atoms with Gasteiger partial charge in [0.15, 0.2) is 0 Å². The van der Waals surface area contributed by atoms with Crippen molar-refractivity contribution >= 4 is 0 Å². The average molecular weight is 251 g/mol. The van der Waals surface area contributed by atoms with Gasteiger partial charge in [-0.3, -0.25) is 4.68 Å². The predicted octanol–water partition coefficient (Wildman–Crippen LogP) is 1.99. The van der Waals surface area contributed by atoms with Gasteiger partial charge in [-0.25, -0.2) is 0 Å². The Balaban J connectivity index is 2.06. The van der Waals surface area contributed by atoms with Gasteiger partial charge >= 0.3 is 0 Å². The van der Waals surface area contributed by atoms with Crippen LogP contribution in [0, 0.1) is 0 Å². The third-order valence-corrected chi connectivity index (χ3v) is 3.85. The summed E-state index contributed by atoms with van der Waals surface area (Å²) in [5.41, 5.74) is 0.330. The van der Waals surface area contributed by atoms with E-state index in [0.29, 0.717) is 0 Å². The number of likely N-dealkylation sites (tertiary alicyclic amines) is 1. The molecule has 0 radical (unpaired) electrons. The average Bonchev–Trinajstić information content (AvgIpc) is 2.82. The lowest BCUT2D eigenvalue weighted by molar-refractivity contribution is -0.0326. The van der Waals surface area contributed by atoms with Crippen molar-refractivity contribution in [2.45, 2.75) is 51.7 Å². The molecule has 1 N–H and O–H groups in total. The standard InChI is InChI=1S/C14H25N3O/c1-3-9-16-11-6-14(18,7-12-16)13-5-8-15-17(13)10-4-2/h5,8,18H,3-4,6-7,9-12H2,1-2H3. The first-order valence-electron chi connectivity index (χ1n) is 7.16. The molecular weight excluding hydrogens is 226 g/mol. The SMILES string of the molecule is CCCN1CCC(O)(c2ccnn2CCC)CC1. The van der Waals surface area contributed by atoms with Gasteiger partial charge in [-0.2, -0.15) is 5.10 Å². The summed E-state index contributed by atoms with van der Waals surface area (Å²) in [6.45, 7) is 8.35. The largest absolute Gasteiger partial charge is 0.383 e. The molecular formula is C14H25N3O. The quantitative estimate of drug-likeness (QED) is 0.870. The summed E-state index contributed by atoms with van der Waals surface area (Å²) in [4.78, 5) is 2.44. The van der Waals surface area contributed by atoms with Crippen LogP contribution < -0.4 is 0 Å². The van der Waals surface area contributed by atoms with Crippen molar-refractivity contribution in [1.29, 1.82) is 0 Å². The van der Waals surface area contributed by atoms with E-state index >= 15 is 0 Å². The van der Waals surface area contributed by atoms with Crippen molar-refractivity contribution in [2.75, 3.05) is 19.6 Å². The molecule has 1 aliphatic rings. The molecule has 0 atom stereocenters.